The van der Waals surface area contributed by atoms with Crippen LogP contribution in [0.25, 0.3) is 10.8 Å². The van der Waals surface area contributed by atoms with Crippen LogP contribution in [-0.4, -0.2) is 8.42 Å². The maximum Gasteiger partial charge on any atom is 0.419 e. The Morgan fingerprint density at radius 3 is 2.21 bits per heavy atom. The maximum absolute atomic E-state index is 14.2. The molecule has 0 saturated heterocycles. The van der Waals surface area contributed by atoms with Crippen LogP contribution in [0.3, 0.4) is 0 Å². The fourth-order valence-electron chi connectivity index (χ4n) is 2.50. The van der Waals surface area contributed by atoms with E-state index in [-0.39, 0.29) is 11.1 Å². The second-order valence-electron chi connectivity index (χ2n) is 5.51. The zero-order valence-electron chi connectivity index (χ0n) is 13.3. The van der Waals surface area contributed by atoms with Crippen molar-refractivity contribution in [2.24, 2.45) is 0 Å². The van der Waals surface area contributed by atoms with E-state index < -0.39 is 47.3 Å². The van der Waals surface area contributed by atoms with Gasteiger partial charge in [0.15, 0.2) is 17.3 Å². The lowest BCUT2D eigenvalue weighted by Gasteiger charge is -2.17. The molecule has 0 aliphatic carbocycles. The van der Waals surface area contributed by atoms with Crippen molar-refractivity contribution in [1.82, 2.24) is 0 Å². The second kappa shape index (κ2) is 7.26. The molecule has 0 N–H and O–H groups in total. The van der Waals surface area contributed by atoms with Crippen molar-refractivity contribution in [3.05, 3.63) is 63.9 Å². The highest BCUT2D eigenvalue weighted by molar-refractivity contribution is 8.13. The molecule has 0 fully saturated rings. The molecule has 0 unspecified atom stereocenters. The Balaban J connectivity index is 2.28. The van der Waals surface area contributed by atoms with Gasteiger partial charge in [0.2, 0.25) is 0 Å². The summed E-state index contributed by atoms with van der Waals surface area (Å²) >= 11 is 11.5. The van der Waals surface area contributed by atoms with Crippen LogP contribution in [-0.2, 0) is 15.2 Å². The van der Waals surface area contributed by atoms with E-state index in [0.717, 1.165) is 6.07 Å². The number of fused-ring (bicyclic) bond motifs is 1. The van der Waals surface area contributed by atoms with Gasteiger partial charge in [-0.05, 0) is 17.5 Å². The van der Waals surface area contributed by atoms with Crippen molar-refractivity contribution >= 4 is 53.7 Å². The summed E-state index contributed by atoms with van der Waals surface area (Å²) in [6.07, 6.45) is -5.04. The van der Waals surface area contributed by atoms with Gasteiger partial charge in [-0.2, -0.15) is 13.2 Å². The minimum absolute atomic E-state index is 0.247. The molecule has 0 aromatic heterocycles. The van der Waals surface area contributed by atoms with Crippen LogP contribution in [0, 0.1) is 5.82 Å². The van der Waals surface area contributed by atoms with Crippen LogP contribution < -0.4 is 4.74 Å². The number of alkyl halides is 3. The molecule has 0 amide bonds. The lowest BCUT2D eigenvalue weighted by Crippen LogP contribution is -2.09. The second-order valence-corrected chi connectivity index (χ2v) is 8.83. The van der Waals surface area contributed by atoms with E-state index in [4.69, 9.17) is 38.6 Å². The lowest BCUT2D eigenvalue weighted by molar-refractivity contribution is -0.140. The van der Waals surface area contributed by atoms with Crippen molar-refractivity contribution in [2.45, 2.75) is 11.1 Å². The third-order valence-corrected chi connectivity index (χ3v) is 5.70. The van der Waals surface area contributed by atoms with Gasteiger partial charge in [0.05, 0.1) is 10.6 Å². The van der Waals surface area contributed by atoms with Gasteiger partial charge in [-0.3, -0.25) is 0 Å². The van der Waals surface area contributed by atoms with Crippen LogP contribution in [0.5, 0.6) is 11.5 Å². The van der Waals surface area contributed by atoms with Crippen LogP contribution in [0.1, 0.15) is 5.56 Å². The fraction of sp³-hybridized carbons (Fsp3) is 0.0588. The molecule has 0 aliphatic rings. The highest BCUT2D eigenvalue weighted by atomic mass is 35.7. The third kappa shape index (κ3) is 3.87. The molecule has 28 heavy (non-hydrogen) atoms. The highest BCUT2D eigenvalue weighted by Crippen LogP contribution is 2.46. The van der Waals surface area contributed by atoms with Crippen molar-refractivity contribution < 1.29 is 30.7 Å². The molecule has 0 saturated carbocycles. The van der Waals surface area contributed by atoms with Gasteiger partial charge >= 0.3 is 6.18 Å². The zero-order chi connectivity index (χ0) is 20.9. The Kier molecular flexibility index (Phi) is 5.44. The van der Waals surface area contributed by atoms with Crippen molar-refractivity contribution in [2.75, 3.05) is 0 Å². The molecule has 3 aromatic carbocycles. The monoisotopic (exact) mass is 472 g/mol. The third-order valence-electron chi connectivity index (χ3n) is 3.73. The van der Waals surface area contributed by atoms with Crippen LogP contribution in [0.2, 0.25) is 10.0 Å². The average Bonchev–Trinajstić information content (AvgIpc) is 2.59. The van der Waals surface area contributed by atoms with Gasteiger partial charge in [-0.25, -0.2) is 12.8 Å². The van der Waals surface area contributed by atoms with Crippen molar-refractivity contribution in [1.29, 1.82) is 0 Å². The van der Waals surface area contributed by atoms with E-state index in [1.165, 1.54) is 12.1 Å². The summed E-state index contributed by atoms with van der Waals surface area (Å²) in [7, 11) is 1.10. The van der Waals surface area contributed by atoms with E-state index in [2.05, 4.69) is 0 Å². The molecule has 3 aromatic rings. The number of ether oxygens (including phenoxy) is 1. The van der Waals surface area contributed by atoms with E-state index in [1.807, 2.05) is 0 Å². The van der Waals surface area contributed by atoms with Crippen molar-refractivity contribution in [3.8, 4) is 11.5 Å². The summed E-state index contributed by atoms with van der Waals surface area (Å²) in [4.78, 5) is -0.486. The Morgan fingerprint density at radius 2 is 1.61 bits per heavy atom. The maximum atomic E-state index is 14.2. The normalized spacial score (nSPS) is 12.4. The Hall–Kier alpha value is -1.74. The van der Waals surface area contributed by atoms with Crippen LogP contribution >= 0.6 is 33.9 Å². The molecule has 0 radical (unpaired) electrons. The molecule has 11 heteroatoms. The molecular weight excluding hydrogens is 467 g/mol. The van der Waals surface area contributed by atoms with E-state index >= 15 is 0 Å². The minimum Gasteiger partial charge on any atom is -0.452 e. The summed E-state index contributed by atoms with van der Waals surface area (Å²) in [5, 5.41) is -0.937. The molecule has 0 heterocycles. The predicted molar refractivity (Wildman–Crippen MR) is 98.5 cm³/mol. The first-order chi connectivity index (χ1) is 12.9. The average molecular weight is 474 g/mol. The minimum atomic E-state index is -5.04. The van der Waals surface area contributed by atoms with Crippen LogP contribution in [0.15, 0.2) is 47.4 Å². The Labute approximate surface area is 170 Å². The molecular formula is C17H7Cl3F4O3S. The summed E-state index contributed by atoms with van der Waals surface area (Å²) in [5.41, 5.74) is -1.68. The van der Waals surface area contributed by atoms with Gasteiger partial charge in [0.1, 0.15) is 9.92 Å². The van der Waals surface area contributed by atoms with Gasteiger partial charge in [-0.1, -0.05) is 53.5 Å². The predicted octanol–water partition coefficient (Wildman–Crippen LogP) is 7.02. The Bertz CT molecular complexity index is 1190. The summed E-state index contributed by atoms with van der Waals surface area (Å²) in [5.74, 6) is -2.83. The summed E-state index contributed by atoms with van der Waals surface area (Å²) < 4.78 is 82.1. The van der Waals surface area contributed by atoms with Gasteiger partial charge < -0.3 is 4.74 Å². The van der Waals surface area contributed by atoms with Crippen LogP contribution in [0.4, 0.5) is 17.6 Å². The first-order valence-electron chi connectivity index (χ1n) is 7.30. The molecule has 0 spiro atoms. The largest absolute Gasteiger partial charge is 0.452 e. The molecule has 0 aliphatic heterocycles. The number of rotatable bonds is 3. The molecule has 148 valence electrons. The number of benzene rings is 3. The number of hydrogen-bond acceptors (Lipinski definition) is 3. The van der Waals surface area contributed by atoms with E-state index in [9.17, 15) is 26.0 Å². The van der Waals surface area contributed by atoms with Gasteiger partial charge in [-0.15, -0.1) is 0 Å². The quantitative estimate of drug-likeness (QED) is 0.233. The lowest BCUT2D eigenvalue weighted by atomic mass is 10.1. The van der Waals surface area contributed by atoms with Gasteiger partial charge in [0.25, 0.3) is 9.05 Å². The smallest absolute Gasteiger partial charge is 0.419 e. The first kappa shape index (κ1) is 21.0. The topological polar surface area (TPSA) is 43.4 Å². The van der Waals surface area contributed by atoms with E-state index in [0.29, 0.717) is 11.5 Å². The molecule has 0 bridgehead atoms. The fourth-order valence-corrected chi connectivity index (χ4v) is 4.00. The zero-order valence-corrected chi connectivity index (χ0v) is 16.4. The van der Waals surface area contributed by atoms with Gasteiger partial charge in [0, 0.05) is 16.1 Å². The molecule has 3 rings (SSSR count). The Morgan fingerprint density at radius 1 is 0.964 bits per heavy atom. The SMILES string of the molecule is O=S(=O)(Cl)c1ccc2ccccc2c1Oc1c(Cl)cc(C(F)(F)F)c(F)c1Cl. The summed E-state index contributed by atoms with van der Waals surface area (Å²) in [6, 6.07) is 9.24. The molecule has 0 atom stereocenters. The van der Waals surface area contributed by atoms with E-state index in [1.54, 1.807) is 18.2 Å². The molecule has 3 nitrogen and oxygen atoms in total. The number of halogens is 7. The highest BCUT2D eigenvalue weighted by Gasteiger charge is 2.37. The number of hydrogen-bond donors (Lipinski definition) is 0. The standard InChI is InChI=1S/C17H7Cl3F4O3S/c18-11-7-10(17(22,23)24)14(21)13(19)16(11)27-15-9-4-2-1-3-8(9)5-6-12(15)28(20,25)26/h1-7H. The first-order valence-corrected chi connectivity index (χ1v) is 10.4. The summed E-state index contributed by atoms with van der Waals surface area (Å²) in [6.45, 7) is 0. The van der Waals surface area contributed by atoms with Crippen molar-refractivity contribution in [3.63, 3.8) is 0 Å².